The Hall–Kier alpha value is -7.06. The summed E-state index contributed by atoms with van der Waals surface area (Å²) in [6, 6.07) is 19.3. The zero-order valence-corrected chi connectivity index (χ0v) is 53.2. The standard InChI is InChI=1S/C65H96N6O13/c1-22-78-61(14,15)37-65(39-63(18,19)80-41-59(10,11)70-56(76)83-50-31-25-47(26-32-50)67-53(73)44(4)5,40-64(20,21)81-42-60(12,13)71-57(77)84-51-33-27-48(28-34-51)68-54(74)45(6)7)38-62(16,17)79-36-35-58(8,9)69-55(75)82-49-29-23-46(24-30-49)66-52(72)43(2)3/h23-34H,2,4,6,22,35-42H2,1,3,5,7-21H3,(H,66,72)(H,67,73)(H,68,74)(H,69,75)(H,70,76)(H,71,77). The highest BCUT2D eigenvalue weighted by Gasteiger charge is 2.49. The summed E-state index contributed by atoms with van der Waals surface area (Å²) in [5.74, 6) is -0.113. The van der Waals surface area contributed by atoms with Gasteiger partial charge < -0.3 is 65.1 Å². The second kappa shape index (κ2) is 29.6. The summed E-state index contributed by atoms with van der Waals surface area (Å²) in [6.07, 6.45) is 0.344. The number of amides is 6. The first kappa shape index (κ1) is 71.2. The van der Waals surface area contributed by atoms with Crippen LogP contribution in [0.3, 0.4) is 0 Å². The molecule has 84 heavy (non-hydrogen) atoms. The summed E-state index contributed by atoms with van der Waals surface area (Å²) >= 11 is 0. The Labute approximate surface area is 499 Å². The minimum atomic E-state index is -0.908. The van der Waals surface area contributed by atoms with Crippen molar-refractivity contribution in [2.45, 2.75) is 196 Å². The predicted octanol–water partition coefficient (Wildman–Crippen LogP) is 13.4. The number of rotatable bonds is 32. The van der Waals surface area contributed by atoms with Gasteiger partial charge in [-0.1, -0.05) is 19.7 Å². The zero-order valence-electron chi connectivity index (χ0n) is 53.2. The maximum atomic E-state index is 13.3. The van der Waals surface area contributed by atoms with Crippen molar-refractivity contribution in [3.05, 3.63) is 109 Å². The fourth-order valence-electron chi connectivity index (χ4n) is 9.81. The molecular weight excluding hydrogens is 1070 g/mol. The van der Waals surface area contributed by atoms with Crippen molar-refractivity contribution in [3.8, 4) is 17.2 Å². The van der Waals surface area contributed by atoms with Crippen molar-refractivity contribution in [3.63, 3.8) is 0 Å². The van der Waals surface area contributed by atoms with Gasteiger partial charge in [0.2, 0.25) is 0 Å². The van der Waals surface area contributed by atoms with Crippen LogP contribution in [0.1, 0.15) is 157 Å². The highest BCUT2D eigenvalue weighted by Crippen LogP contribution is 2.51. The van der Waals surface area contributed by atoms with E-state index < -0.39 is 62.7 Å². The second-order valence-corrected chi connectivity index (χ2v) is 26.3. The van der Waals surface area contributed by atoms with Crippen molar-refractivity contribution < 1.29 is 61.9 Å². The molecule has 0 aromatic heterocycles. The molecule has 6 amide bonds. The summed E-state index contributed by atoms with van der Waals surface area (Å²) < 4.78 is 43.9. The van der Waals surface area contributed by atoms with Gasteiger partial charge in [0.1, 0.15) is 17.2 Å². The lowest BCUT2D eigenvalue weighted by molar-refractivity contribution is -0.150. The summed E-state index contributed by atoms with van der Waals surface area (Å²) in [4.78, 5) is 76.1. The van der Waals surface area contributed by atoms with Gasteiger partial charge in [-0.2, -0.15) is 0 Å². The molecule has 464 valence electrons. The van der Waals surface area contributed by atoms with Crippen molar-refractivity contribution in [1.82, 2.24) is 16.0 Å². The van der Waals surface area contributed by atoms with Crippen LogP contribution in [-0.4, -0.2) is 101 Å². The molecule has 0 saturated carbocycles. The molecule has 0 heterocycles. The largest absolute Gasteiger partial charge is 0.413 e. The molecule has 0 atom stereocenters. The van der Waals surface area contributed by atoms with E-state index in [2.05, 4.69) is 65.5 Å². The molecular formula is C65H96N6O13. The van der Waals surface area contributed by atoms with E-state index in [1.807, 2.05) is 90.0 Å². The van der Waals surface area contributed by atoms with Gasteiger partial charge in [-0.25, -0.2) is 14.4 Å². The number of carbonyl (C=O) groups is 6. The third kappa shape index (κ3) is 26.7. The Kier molecular flexibility index (Phi) is 25.1. The van der Waals surface area contributed by atoms with E-state index in [9.17, 15) is 28.8 Å². The van der Waals surface area contributed by atoms with Gasteiger partial charge >= 0.3 is 18.3 Å². The molecule has 3 rings (SSSR count). The molecule has 6 N–H and O–H groups in total. The van der Waals surface area contributed by atoms with E-state index in [4.69, 9.17) is 33.2 Å². The van der Waals surface area contributed by atoms with Gasteiger partial charge in [0, 0.05) is 52.5 Å². The maximum absolute atomic E-state index is 13.3. The van der Waals surface area contributed by atoms with E-state index in [0.29, 0.717) is 78.2 Å². The quantitative estimate of drug-likeness (QED) is 0.0319. The lowest BCUT2D eigenvalue weighted by Crippen LogP contribution is -2.53. The van der Waals surface area contributed by atoms with Crippen molar-refractivity contribution in [2.75, 3.05) is 42.4 Å². The van der Waals surface area contributed by atoms with Gasteiger partial charge in [0.05, 0.1) is 46.7 Å². The first-order valence-corrected chi connectivity index (χ1v) is 28.3. The van der Waals surface area contributed by atoms with E-state index in [1.54, 1.807) is 93.6 Å². The fraction of sp³-hybridized carbons (Fsp3) is 0.538. The smallest absolute Gasteiger partial charge is 0.410 e. The van der Waals surface area contributed by atoms with Crippen molar-refractivity contribution in [2.24, 2.45) is 5.41 Å². The Balaban J connectivity index is 1.89. The second-order valence-electron chi connectivity index (χ2n) is 26.3. The Morgan fingerprint density at radius 3 is 0.929 bits per heavy atom. The van der Waals surface area contributed by atoms with Gasteiger partial charge in [0.15, 0.2) is 0 Å². The average molecular weight is 1170 g/mol. The molecule has 0 aliphatic carbocycles. The molecule has 0 bridgehead atoms. The third-order valence-corrected chi connectivity index (χ3v) is 13.1. The fourth-order valence-corrected chi connectivity index (χ4v) is 9.81. The first-order valence-electron chi connectivity index (χ1n) is 28.3. The van der Waals surface area contributed by atoms with E-state index >= 15 is 0 Å². The number of benzene rings is 3. The molecule has 0 saturated heterocycles. The van der Waals surface area contributed by atoms with Crippen LogP contribution in [0.25, 0.3) is 0 Å². The van der Waals surface area contributed by atoms with E-state index in [0.717, 1.165) is 0 Å². The number of hydrogen-bond acceptors (Lipinski definition) is 13. The van der Waals surface area contributed by atoms with Crippen molar-refractivity contribution in [1.29, 1.82) is 0 Å². The number of anilines is 3. The first-order chi connectivity index (χ1) is 38.5. The topological polar surface area (TPSA) is 239 Å². The van der Waals surface area contributed by atoms with E-state index in [-0.39, 0.29) is 49.0 Å². The predicted molar refractivity (Wildman–Crippen MR) is 331 cm³/mol. The molecule has 19 heteroatoms. The van der Waals surface area contributed by atoms with Crippen LogP contribution >= 0.6 is 0 Å². The third-order valence-electron chi connectivity index (χ3n) is 13.1. The van der Waals surface area contributed by atoms with Crippen LogP contribution in [0.15, 0.2) is 109 Å². The molecule has 19 nitrogen and oxygen atoms in total. The minimum Gasteiger partial charge on any atom is -0.410 e. The monoisotopic (exact) mass is 1170 g/mol. The summed E-state index contributed by atoms with van der Waals surface area (Å²) in [5, 5.41) is 17.0. The Bertz CT molecular complexity index is 2660. The van der Waals surface area contributed by atoms with Crippen LogP contribution in [0.2, 0.25) is 0 Å². The number of nitrogens with one attached hydrogen (secondary N) is 6. The zero-order chi connectivity index (χ0) is 63.7. The molecule has 0 aliphatic rings. The molecule has 3 aromatic rings. The molecule has 0 fully saturated rings. The highest BCUT2D eigenvalue weighted by molar-refractivity contribution is 6.04. The molecule has 0 unspecified atom stereocenters. The number of carbonyl (C=O) groups excluding carboxylic acids is 6. The molecule has 0 radical (unpaired) electrons. The average Bonchev–Trinajstić information content (AvgIpc) is 1.72. The highest BCUT2D eigenvalue weighted by atomic mass is 16.6. The summed E-state index contributed by atoms with van der Waals surface area (Å²) in [6.45, 7) is 46.1. The maximum Gasteiger partial charge on any atom is 0.413 e. The van der Waals surface area contributed by atoms with Gasteiger partial charge in [-0.3, -0.25) is 14.4 Å². The Morgan fingerprint density at radius 2 is 0.655 bits per heavy atom. The lowest BCUT2D eigenvalue weighted by atomic mass is 9.62. The van der Waals surface area contributed by atoms with Gasteiger partial charge in [-0.05, 0) is 235 Å². The lowest BCUT2D eigenvalue weighted by Gasteiger charge is -2.51. The van der Waals surface area contributed by atoms with Crippen LogP contribution in [-0.2, 0) is 33.3 Å². The number of ether oxygens (including phenoxy) is 7. The normalized spacial score (nSPS) is 12.5. The van der Waals surface area contributed by atoms with Crippen LogP contribution in [0, 0.1) is 5.41 Å². The molecule has 3 aromatic carbocycles. The minimum absolute atomic E-state index is 0.0981. The number of hydrogen-bond donors (Lipinski definition) is 6. The molecule has 0 aliphatic heterocycles. The summed E-state index contributed by atoms with van der Waals surface area (Å²) in [7, 11) is 0. The van der Waals surface area contributed by atoms with Gasteiger partial charge in [-0.15, -0.1) is 0 Å². The van der Waals surface area contributed by atoms with Crippen LogP contribution < -0.4 is 46.1 Å². The van der Waals surface area contributed by atoms with Crippen LogP contribution in [0.4, 0.5) is 31.4 Å². The molecule has 0 spiro atoms. The van der Waals surface area contributed by atoms with Crippen molar-refractivity contribution >= 4 is 53.1 Å². The van der Waals surface area contributed by atoms with Gasteiger partial charge in [0.25, 0.3) is 17.7 Å². The summed E-state index contributed by atoms with van der Waals surface area (Å²) in [5.41, 5.74) is -3.70. The van der Waals surface area contributed by atoms with E-state index in [1.165, 1.54) is 0 Å². The Morgan fingerprint density at radius 1 is 0.393 bits per heavy atom. The van der Waals surface area contributed by atoms with Crippen LogP contribution in [0.5, 0.6) is 17.2 Å². The SMILES string of the molecule is C=C(C)C(=O)Nc1ccc(OC(=O)NC(C)(C)CCOC(C)(C)CC(CC(C)(C)OCC)(CC(C)(C)OCC(C)(C)NC(=O)Oc2ccc(NC(=O)C(=C)C)cc2)CC(C)(C)OCC(C)(C)NC(=O)Oc2ccc(NC(=O)C(=C)C)cc2)cc1.